The van der Waals surface area contributed by atoms with Crippen LogP contribution < -0.4 is 0 Å². The monoisotopic (exact) mass is 266 g/mol. The van der Waals surface area contributed by atoms with Crippen LogP contribution in [0.5, 0.6) is 0 Å². The third-order valence-corrected chi connectivity index (χ3v) is 3.05. The second-order valence-electron chi connectivity index (χ2n) is 3.74. The van der Waals surface area contributed by atoms with Gasteiger partial charge in [-0.05, 0) is 18.6 Å². The zero-order valence-electron chi connectivity index (χ0n) is 9.65. The van der Waals surface area contributed by atoms with Crippen molar-refractivity contribution < 1.29 is 4.92 Å². The van der Waals surface area contributed by atoms with Crippen molar-refractivity contribution in [1.82, 2.24) is 15.0 Å². The van der Waals surface area contributed by atoms with E-state index in [0.29, 0.717) is 11.4 Å². The Balaban J connectivity index is 2.26. The van der Waals surface area contributed by atoms with Crippen LogP contribution in [0.1, 0.15) is 24.4 Å². The predicted octanol–water partition coefficient (Wildman–Crippen LogP) is 2.87. The Bertz CT molecular complexity index is 552. The summed E-state index contributed by atoms with van der Waals surface area (Å²) in [6, 6.07) is 6.08. The number of nitro groups is 1. The first-order chi connectivity index (χ1) is 8.61. The maximum Gasteiger partial charge on any atom is 0.269 e. The van der Waals surface area contributed by atoms with Gasteiger partial charge in [0.2, 0.25) is 0 Å². The molecule has 6 nitrogen and oxygen atoms in total. The fourth-order valence-corrected chi connectivity index (χ4v) is 1.58. The molecule has 0 fully saturated rings. The number of benzene rings is 1. The molecule has 1 heterocycles. The van der Waals surface area contributed by atoms with Gasteiger partial charge >= 0.3 is 0 Å². The van der Waals surface area contributed by atoms with E-state index in [1.165, 1.54) is 12.1 Å². The molecule has 1 aromatic carbocycles. The van der Waals surface area contributed by atoms with Crippen LogP contribution >= 0.6 is 11.6 Å². The van der Waals surface area contributed by atoms with E-state index in [-0.39, 0.29) is 11.1 Å². The lowest BCUT2D eigenvalue weighted by molar-refractivity contribution is -0.384. The van der Waals surface area contributed by atoms with Gasteiger partial charge in [-0.2, -0.15) is 0 Å². The van der Waals surface area contributed by atoms with Gasteiger partial charge in [-0.25, -0.2) is 4.68 Å². The van der Waals surface area contributed by atoms with E-state index in [1.54, 1.807) is 23.0 Å². The molecule has 0 N–H and O–H groups in total. The highest BCUT2D eigenvalue weighted by molar-refractivity contribution is 6.20. The van der Waals surface area contributed by atoms with Crippen LogP contribution in [-0.2, 0) is 0 Å². The molecule has 1 atom stereocenters. The van der Waals surface area contributed by atoms with Gasteiger partial charge in [0.05, 0.1) is 22.2 Å². The van der Waals surface area contributed by atoms with E-state index < -0.39 is 4.92 Å². The first kappa shape index (κ1) is 12.5. The van der Waals surface area contributed by atoms with E-state index in [4.69, 9.17) is 11.6 Å². The van der Waals surface area contributed by atoms with E-state index in [0.717, 1.165) is 6.42 Å². The molecule has 0 amide bonds. The molecule has 0 saturated carbocycles. The average Bonchev–Trinajstić information content (AvgIpc) is 2.87. The van der Waals surface area contributed by atoms with Crippen molar-refractivity contribution in [1.29, 1.82) is 0 Å². The Hall–Kier alpha value is -1.95. The van der Waals surface area contributed by atoms with E-state index in [9.17, 15) is 10.1 Å². The minimum absolute atomic E-state index is 0.0443. The number of nitrogens with zero attached hydrogens (tertiary/aromatic N) is 4. The van der Waals surface area contributed by atoms with Gasteiger partial charge in [0.25, 0.3) is 5.69 Å². The van der Waals surface area contributed by atoms with Crippen LogP contribution in [0.4, 0.5) is 5.69 Å². The summed E-state index contributed by atoms with van der Waals surface area (Å²) in [7, 11) is 0. The van der Waals surface area contributed by atoms with Crippen molar-refractivity contribution in [3.63, 3.8) is 0 Å². The third kappa shape index (κ3) is 2.48. The molecule has 0 spiro atoms. The lowest BCUT2D eigenvalue weighted by Gasteiger charge is -2.00. The number of aromatic nitrogens is 3. The maximum absolute atomic E-state index is 10.5. The maximum atomic E-state index is 10.5. The Morgan fingerprint density at radius 3 is 2.67 bits per heavy atom. The molecule has 2 aromatic rings. The summed E-state index contributed by atoms with van der Waals surface area (Å²) in [5.41, 5.74) is 1.44. The molecule has 7 heteroatoms. The summed E-state index contributed by atoms with van der Waals surface area (Å²) < 4.78 is 1.55. The third-order valence-electron chi connectivity index (χ3n) is 2.52. The van der Waals surface area contributed by atoms with Gasteiger partial charge in [0.15, 0.2) is 0 Å². The topological polar surface area (TPSA) is 73.8 Å². The number of non-ortho nitro benzene ring substituents is 1. The molecule has 18 heavy (non-hydrogen) atoms. The molecule has 0 aliphatic rings. The zero-order chi connectivity index (χ0) is 13.1. The van der Waals surface area contributed by atoms with Gasteiger partial charge in [-0.3, -0.25) is 10.1 Å². The minimum Gasteiger partial charge on any atom is -0.258 e. The van der Waals surface area contributed by atoms with Crippen LogP contribution in [0, 0.1) is 10.1 Å². The molecular formula is C11H11ClN4O2. The summed E-state index contributed by atoms with van der Waals surface area (Å²) in [5, 5.41) is 18.3. The van der Waals surface area contributed by atoms with Gasteiger partial charge in [-0.1, -0.05) is 12.1 Å². The second-order valence-corrected chi connectivity index (χ2v) is 4.26. The Morgan fingerprint density at radius 1 is 1.44 bits per heavy atom. The van der Waals surface area contributed by atoms with Crippen molar-refractivity contribution >= 4 is 17.3 Å². The summed E-state index contributed by atoms with van der Waals surface area (Å²) >= 11 is 6.05. The van der Waals surface area contributed by atoms with Gasteiger partial charge in [0, 0.05) is 12.1 Å². The number of rotatable bonds is 4. The predicted molar refractivity (Wildman–Crippen MR) is 66.9 cm³/mol. The quantitative estimate of drug-likeness (QED) is 0.484. The van der Waals surface area contributed by atoms with Gasteiger partial charge in [-0.15, -0.1) is 16.7 Å². The molecule has 0 aliphatic carbocycles. The number of alkyl halides is 1. The zero-order valence-corrected chi connectivity index (χ0v) is 10.4. The molecule has 1 aromatic heterocycles. The largest absolute Gasteiger partial charge is 0.269 e. The molecule has 0 saturated heterocycles. The number of halogens is 1. The number of hydrogen-bond donors (Lipinski definition) is 0. The van der Waals surface area contributed by atoms with Crippen molar-refractivity contribution in [3.05, 3.63) is 46.3 Å². The van der Waals surface area contributed by atoms with Crippen molar-refractivity contribution in [2.24, 2.45) is 0 Å². The van der Waals surface area contributed by atoms with Crippen molar-refractivity contribution in [2.75, 3.05) is 0 Å². The average molecular weight is 267 g/mol. The van der Waals surface area contributed by atoms with E-state index in [2.05, 4.69) is 10.3 Å². The van der Waals surface area contributed by atoms with Crippen molar-refractivity contribution in [2.45, 2.75) is 18.7 Å². The normalized spacial score (nSPS) is 12.3. The fraction of sp³-hybridized carbons (Fsp3) is 0.273. The van der Waals surface area contributed by atoms with E-state index >= 15 is 0 Å². The summed E-state index contributed by atoms with van der Waals surface area (Å²) in [5.74, 6) is 0. The Kier molecular flexibility index (Phi) is 3.57. The lowest BCUT2D eigenvalue weighted by atomic mass is 10.2. The minimum atomic E-state index is -0.442. The molecule has 2 rings (SSSR count). The SMILES string of the molecule is CCC(Cl)c1cn(-c2ccc([N+](=O)[O-])cc2)nn1. The van der Waals surface area contributed by atoms with Gasteiger partial charge < -0.3 is 0 Å². The second kappa shape index (κ2) is 5.14. The molecule has 1 unspecified atom stereocenters. The first-order valence-electron chi connectivity index (χ1n) is 5.43. The summed E-state index contributed by atoms with van der Waals surface area (Å²) in [6.07, 6.45) is 2.49. The summed E-state index contributed by atoms with van der Waals surface area (Å²) in [4.78, 5) is 10.1. The van der Waals surface area contributed by atoms with Gasteiger partial charge in [0.1, 0.15) is 5.69 Å². The van der Waals surface area contributed by atoms with Crippen LogP contribution in [0.15, 0.2) is 30.5 Å². The highest BCUT2D eigenvalue weighted by Crippen LogP contribution is 2.22. The number of nitro benzene ring substituents is 1. The smallest absolute Gasteiger partial charge is 0.258 e. The highest BCUT2D eigenvalue weighted by Gasteiger charge is 2.11. The first-order valence-corrected chi connectivity index (χ1v) is 5.86. The van der Waals surface area contributed by atoms with Crippen LogP contribution in [0.2, 0.25) is 0 Å². The van der Waals surface area contributed by atoms with Crippen LogP contribution in [-0.4, -0.2) is 19.9 Å². The molecular weight excluding hydrogens is 256 g/mol. The van der Waals surface area contributed by atoms with Crippen LogP contribution in [0.25, 0.3) is 5.69 Å². The fourth-order valence-electron chi connectivity index (χ4n) is 1.48. The molecule has 94 valence electrons. The highest BCUT2D eigenvalue weighted by atomic mass is 35.5. The standard InChI is InChI=1S/C11H11ClN4O2/c1-2-10(12)11-7-15(14-13-11)8-3-5-9(6-4-8)16(17)18/h3-7,10H,2H2,1H3. The van der Waals surface area contributed by atoms with E-state index in [1.807, 2.05) is 6.92 Å². The molecule has 0 aliphatic heterocycles. The molecule has 0 radical (unpaired) electrons. The Morgan fingerprint density at radius 2 is 2.11 bits per heavy atom. The Labute approximate surface area is 108 Å². The molecule has 0 bridgehead atoms. The van der Waals surface area contributed by atoms with Crippen LogP contribution in [0.3, 0.4) is 0 Å². The number of hydrogen-bond acceptors (Lipinski definition) is 4. The summed E-state index contributed by atoms with van der Waals surface area (Å²) in [6.45, 7) is 1.96. The van der Waals surface area contributed by atoms with Crippen molar-refractivity contribution in [3.8, 4) is 5.69 Å². The lowest BCUT2D eigenvalue weighted by Crippen LogP contribution is -1.95.